The SMILES string of the molecule is ClCCN(CCCl)CCCl.OCl. The minimum atomic E-state index is 0.647. The van der Waals surface area contributed by atoms with Crippen molar-refractivity contribution >= 4 is 46.7 Å². The van der Waals surface area contributed by atoms with E-state index >= 15 is 0 Å². The van der Waals surface area contributed by atoms with Gasteiger partial charge in [0.1, 0.15) is 0 Å². The van der Waals surface area contributed by atoms with Gasteiger partial charge in [-0.3, -0.25) is 9.56 Å². The second-order valence-electron chi connectivity index (χ2n) is 1.91. The van der Waals surface area contributed by atoms with Gasteiger partial charge in [0.2, 0.25) is 0 Å². The van der Waals surface area contributed by atoms with Gasteiger partial charge >= 0.3 is 0 Å². The van der Waals surface area contributed by atoms with E-state index in [9.17, 15) is 0 Å². The molecule has 0 spiro atoms. The Labute approximate surface area is 93.5 Å². The molecule has 2 nitrogen and oxygen atoms in total. The summed E-state index contributed by atoms with van der Waals surface area (Å²) < 4.78 is 6.47. The molecule has 0 aromatic carbocycles. The van der Waals surface area contributed by atoms with Gasteiger partial charge in [0.25, 0.3) is 0 Å². The summed E-state index contributed by atoms with van der Waals surface area (Å²) >= 11 is 20.3. The lowest BCUT2D eigenvalue weighted by molar-refractivity contribution is 0.327. The van der Waals surface area contributed by atoms with Crippen LogP contribution in [0.4, 0.5) is 0 Å². The standard InChI is InChI=1S/C6H12Cl3N.ClHO/c7-1-4-10(5-2-8)6-3-9;1-2/h1-6H2;2H. The van der Waals surface area contributed by atoms with Gasteiger partial charge in [-0.15, -0.1) is 34.8 Å². The van der Waals surface area contributed by atoms with Crippen molar-refractivity contribution in [3.05, 3.63) is 0 Å². The zero-order valence-electron chi connectivity index (χ0n) is 6.65. The third kappa shape index (κ3) is 11.1. The Bertz CT molecular complexity index is 62.3. The normalized spacial score (nSPS) is 9.50. The van der Waals surface area contributed by atoms with Crippen molar-refractivity contribution in [3.63, 3.8) is 0 Å². The molecule has 0 aromatic rings. The molecule has 0 saturated carbocycles. The van der Waals surface area contributed by atoms with Crippen LogP contribution >= 0.6 is 46.7 Å². The summed E-state index contributed by atoms with van der Waals surface area (Å²) in [7, 11) is 0. The highest BCUT2D eigenvalue weighted by molar-refractivity contribution is 6.18. The lowest BCUT2D eigenvalue weighted by Crippen LogP contribution is -2.29. The average Bonchev–Trinajstić information content (AvgIpc) is 2.10. The predicted molar refractivity (Wildman–Crippen MR) is 56.7 cm³/mol. The van der Waals surface area contributed by atoms with E-state index in [0.717, 1.165) is 19.6 Å². The molecule has 1 N–H and O–H groups in total. The Kier molecular flexibility index (Phi) is 18.9. The van der Waals surface area contributed by atoms with Crippen LogP contribution in [0.5, 0.6) is 0 Å². The molecule has 0 radical (unpaired) electrons. The van der Waals surface area contributed by atoms with Crippen LogP contribution in [0, 0.1) is 0 Å². The van der Waals surface area contributed by atoms with Crippen LogP contribution in [0.3, 0.4) is 0 Å². The first-order chi connectivity index (χ1) is 5.85. The molecule has 0 fully saturated rings. The Balaban J connectivity index is 0. The van der Waals surface area contributed by atoms with Gasteiger partial charge in [0.15, 0.2) is 0 Å². The van der Waals surface area contributed by atoms with E-state index in [-0.39, 0.29) is 0 Å². The van der Waals surface area contributed by atoms with E-state index in [0.29, 0.717) is 17.6 Å². The maximum atomic E-state index is 6.47. The van der Waals surface area contributed by atoms with Crippen LogP contribution in [0.2, 0.25) is 0 Å². The fourth-order valence-electron chi connectivity index (χ4n) is 0.694. The van der Waals surface area contributed by atoms with E-state index in [1.807, 2.05) is 0 Å². The van der Waals surface area contributed by atoms with E-state index in [2.05, 4.69) is 16.8 Å². The largest absolute Gasteiger partial charge is 0.300 e. The lowest BCUT2D eigenvalue weighted by atomic mass is 10.5. The zero-order valence-corrected chi connectivity index (χ0v) is 9.67. The Morgan fingerprint density at radius 2 is 1.00 bits per heavy atom. The van der Waals surface area contributed by atoms with Crippen LogP contribution in [0.15, 0.2) is 0 Å². The molecule has 0 aliphatic heterocycles. The fraction of sp³-hybridized carbons (Fsp3) is 1.00. The summed E-state index contributed by atoms with van der Waals surface area (Å²) in [5.74, 6) is 1.94. The third-order valence-corrected chi connectivity index (χ3v) is 1.71. The highest BCUT2D eigenvalue weighted by Gasteiger charge is 2.00. The van der Waals surface area contributed by atoms with Crippen LogP contribution in [-0.4, -0.2) is 46.8 Å². The summed E-state index contributed by atoms with van der Waals surface area (Å²) in [6.07, 6.45) is 0. The number of halogens is 4. The van der Waals surface area contributed by atoms with Gasteiger partial charge in [0.05, 0.1) is 11.9 Å². The van der Waals surface area contributed by atoms with E-state index < -0.39 is 0 Å². The second-order valence-corrected chi connectivity index (χ2v) is 3.04. The third-order valence-electron chi connectivity index (χ3n) is 1.20. The van der Waals surface area contributed by atoms with Crippen molar-refractivity contribution in [1.82, 2.24) is 4.90 Å². The number of alkyl halides is 3. The molecule has 0 aliphatic rings. The highest BCUT2D eigenvalue weighted by Crippen LogP contribution is 1.92. The molecular formula is C6H13Cl4NO. The summed E-state index contributed by atoms with van der Waals surface area (Å²) in [6, 6.07) is 0. The van der Waals surface area contributed by atoms with E-state index in [4.69, 9.17) is 39.5 Å². The molecule has 76 valence electrons. The Morgan fingerprint density at radius 1 is 0.750 bits per heavy atom. The second kappa shape index (κ2) is 14.6. The van der Waals surface area contributed by atoms with Crippen molar-refractivity contribution in [2.75, 3.05) is 37.3 Å². The summed E-state index contributed by atoms with van der Waals surface area (Å²) in [4.78, 5) is 2.15. The van der Waals surface area contributed by atoms with Crippen LogP contribution in [0.1, 0.15) is 0 Å². The molecule has 0 aliphatic carbocycles. The molecule has 0 bridgehead atoms. The molecule has 0 heterocycles. The van der Waals surface area contributed by atoms with E-state index in [1.54, 1.807) is 0 Å². The lowest BCUT2D eigenvalue weighted by Gasteiger charge is -2.17. The molecule has 12 heavy (non-hydrogen) atoms. The monoisotopic (exact) mass is 255 g/mol. The first-order valence-electron chi connectivity index (χ1n) is 3.42. The minimum Gasteiger partial charge on any atom is -0.300 e. The molecule has 0 rings (SSSR count). The Morgan fingerprint density at radius 3 is 1.17 bits per heavy atom. The van der Waals surface area contributed by atoms with Crippen molar-refractivity contribution in [1.29, 1.82) is 0 Å². The van der Waals surface area contributed by atoms with Gasteiger partial charge < -0.3 is 0 Å². The maximum Gasteiger partial charge on any atom is 0.0579 e. The number of hydrogen-bond acceptors (Lipinski definition) is 2. The molecule has 0 aromatic heterocycles. The quantitative estimate of drug-likeness (QED) is 0.737. The molecular weight excluding hydrogens is 244 g/mol. The van der Waals surface area contributed by atoms with Crippen molar-refractivity contribution in [2.45, 2.75) is 0 Å². The van der Waals surface area contributed by atoms with Gasteiger partial charge in [-0.2, -0.15) is 0 Å². The van der Waals surface area contributed by atoms with Crippen molar-refractivity contribution in [2.24, 2.45) is 0 Å². The Hall–Kier alpha value is 1.08. The number of rotatable bonds is 6. The zero-order chi connectivity index (χ0) is 9.82. The summed E-state index contributed by atoms with van der Waals surface area (Å²) in [5, 5.41) is 0. The van der Waals surface area contributed by atoms with Gasteiger partial charge in [0, 0.05) is 37.3 Å². The topological polar surface area (TPSA) is 23.5 Å². The molecule has 6 heteroatoms. The maximum absolute atomic E-state index is 6.47. The number of nitrogens with zero attached hydrogens (tertiary/aromatic N) is 1. The number of hydrogen-bond donors (Lipinski definition) is 1. The fourth-order valence-corrected chi connectivity index (χ4v) is 1.41. The first-order valence-corrected chi connectivity index (χ1v) is 5.36. The first kappa shape index (κ1) is 15.5. The molecule has 0 saturated heterocycles. The molecule has 0 amide bonds. The van der Waals surface area contributed by atoms with Crippen molar-refractivity contribution in [3.8, 4) is 0 Å². The van der Waals surface area contributed by atoms with Gasteiger partial charge in [-0.05, 0) is 0 Å². The highest BCUT2D eigenvalue weighted by atomic mass is 35.5. The summed E-state index contributed by atoms with van der Waals surface area (Å²) in [5.41, 5.74) is 0. The minimum absolute atomic E-state index is 0.647. The molecule has 0 unspecified atom stereocenters. The van der Waals surface area contributed by atoms with Crippen LogP contribution in [0.25, 0.3) is 0 Å². The molecule has 0 atom stereocenters. The van der Waals surface area contributed by atoms with Crippen LogP contribution in [-0.2, 0) is 0 Å². The van der Waals surface area contributed by atoms with Crippen molar-refractivity contribution < 1.29 is 4.66 Å². The summed E-state index contributed by atoms with van der Waals surface area (Å²) in [6.45, 7) is 2.63. The average molecular weight is 257 g/mol. The van der Waals surface area contributed by atoms with Crippen LogP contribution < -0.4 is 0 Å². The smallest absolute Gasteiger partial charge is 0.0579 e. The van der Waals surface area contributed by atoms with E-state index in [1.165, 1.54) is 0 Å². The predicted octanol–water partition coefficient (Wildman–Crippen LogP) is 2.14. The van der Waals surface area contributed by atoms with Gasteiger partial charge in [-0.1, -0.05) is 0 Å². The van der Waals surface area contributed by atoms with Gasteiger partial charge in [-0.25, -0.2) is 0 Å².